The minimum Gasteiger partial charge on any atom is -0.409 e. The lowest BCUT2D eigenvalue weighted by molar-refractivity contribution is 0.245. The summed E-state index contributed by atoms with van der Waals surface area (Å²) in [5, 5.41) is 21.0. The summed E-state index contributed by atoms with van der Waals surface area (Å²) in [5.41, 5.74) is 7.27. The first-order valence-electron chi connectivity index (χ1n) is 6.13. The van der Waals surface area contributed by atoms with Crippen molar-refractivity contribution in [2.24, 2.45) is 16.8 Å². The van der Waals surface area contributed by atoms with E-state index in [-0.39, 0.29) is 18.5 Å². The first-order valence-corrected chi connectivity index (χ1v) is 6.13. The Morgan fingerprint density at radius 1 is 1.44 bits per heavy atom. The van der Waals surface area contributed by atoms with Crippen molar-refractivity contribution in [1.82, 2.24) is 0 Å². The summed E-state index contributed by atoms with van der Waals surface area (Å²) < 4.78 is 0. The molecule has 2 atom stereocenters. The topological polar surface area (TPSA) is 82.1 Å². The highest BCUT2D eigenvalue weighted by Gasteiger charge is 2.30. The molecule has 1 fully saturated rings. The summed E-state index contributed by atoms with van der Waals surface area (Å²) in [6, 6.07) is 7.70. The van der Waals surface area contributed by atoms with E-state index in [4.69, 9.17) is 10.9 Å². The Labute approximate surface area is 107 Å². The van der Waals surface area contributed by atoms with Gasteiger partial charge in [-0.05, 0) is 36.6 Å². The van der Waals surface area contributed by atoms with E-state index in [1.54, 1.807) is 0 Å². The van der Waals surface area contributed by atoms with Gasteiger partial charge in [-0.15, -0.1) is 0 Å². The number of nitrogens with zero attached hydrogens (tertiary/aromatic N) is 2. The summed E-state index contributed by atoms with van der Waals surface area (Å²) >= 11 is 0. The molecule has 18 heavy (non-hydrogen) atoms. The van der Waals surface area contributed by atoms with Crippen LogP contribution >= 0.6 is 0 Å². The highest BCUT2D eigenvalue weighted by atomic mass is 16.4. The van der Waals surface area contributed by atoms with Crippen LogP contribution in [0.15, 0.2) is 29.4 Å². The second-order valence-electron chi connectivity index (χ2n) is 4.74. The fraction of sp³-hybridized carbons (Fsp3) is 0.462. The Morgan fingerprint density at radius 2 is 2.11 bits per heavy atom. The lowest BCUT2D eigenvalue weighted by Crippen LogP contribution is -2.35. The van der Waals surface area contributed by atoms with Gasteiger partial charge in [0.05, 0.1) is 12.6 Å². The summed E-state index contributed by atoms with van der Waals surface area (Å²) in [6.45, 7) is 3.28. The highest BCUT2D eigenvalue weighted by molar-refractivity contribution is 5.97. The number of amidine groups is 1. The highest BCUT2D eigenvalue weighted by Crippen LogP contribution is 2.29. The maximum absolute atomic E-state index is 9.44. The third kappa shape index (κ3) is 2.26. The lowest BCUT2D eigenvalue weighted by atomic mass is 10.0. The number of anilines is 1. The van der Waals surface area contributed by atoms with Crippen LogP contribution in [-0.4, -0.2) is 35.3 Å². The Hall–Kier alpha value is -1.75. The molecule has 98 valence electrons. The van der Waals surface area contributed by atoms with Crippen LogP contribution in [0.3, 0.4) is 0 Å². The Kier molecular flexibility index (Phi) is 3.72. The molecule has 1 aromatic carbocycles. The Bertz CT molecular complexity index is 430. The standard InChI is InChI=1S/C13H19N3O2/c1-9-6-7-16(12(9)8-17)11-4-2-10(3-5-11)13(14)15-18/h2-5,9,12,17-18H,6-8H2,1H3,(H2,14,15). The SMILES string of the molecule is CC1CCN(c2ccc(/C(N)=N/O)cc2)C1CO. The molecule has 0 spiro atoms. The van der Waals surface area contributed by atoms with E-state index in [2.05, 4.69) is 17.0 Å². The van der Waals surface area contributed by atoms with E-state index in [1.165, 1.54) is 0 Å². The van der Waals surface area contributed by atoms with Crippen molar-refractivity contribution >= 4 is 11.5 Å². The smallest absolute Gasteiger partial charge is 0.170 e. The fourth-order valence-corrected chi connectivity index (χ4v) is 2.49. The van der Waals surface area contributed by atoms with Crippen molar-refractivity contribution < 1.29 is 10.3 Å². The van der Waals surface area contributed by atoms with Crippen LogP contribution in [0.1, 0.15) is 18.9 Å². The van der Waals surface area contributed by atoms with Crippen LogP contribution in [-0.2, 0) is 0 Å². The molecule has 1 aliphatic rings. The molecule has 0 bridgehead atoms. The molecular weight excluding hydrogens is 230 g/mol. The molecule has 1 aromatic rings. The van der Waals surface area contributed by atoms with E-state index in [0.29, 0.717) is 11.5 Å². The maximum atomic E-state index is 9.44. The molecule has 0 aromatic heterocycles. The van der Waals surface area contributed by atoms with Crippen LogP contribution in [0.2, 0.25) is 0 Å². The van der Waals surface area contributed by atoms with E-state index in [1.807, 2.05) is 24.3 Å². The van der Waals surface area contributed by atoms with Crippen molar-refractivity contribution in [3.05, 3.63) is 29.8 Å². The van der Waals surface area contributed by atoms with Crippen LogP contribution in [0.5, 0.6) is 0 Å². The molecule has 5 nitrogen and oxygen atoms in total. The first kappa shape index (κ1) is 12.7. The van der Waals surface area contributed by atoms with Gasteiger partial charge >= 0.3 is 0 Å². The summed E-state index contributed by atoms with van der Waals surface area (Å²) in [4.78, 5) is 2.21. The van der Waals surface area contributed by atoms with Crippen molar-refractivity contribution in [3.8, 4) is 0 Å². The predicted octanol–water partition coefficient (Wildman–Crippen LogP) is 0.988. The lowest BCUT2D eigenvalue weighted by Gasteiger charge is -2.27. The van der Waals surface area contributed by atoms with Gasteiger partial charge in [-0.1, -0.05) is 12.1 Å². The Morgan fingerprint density at radius 3 is 2.67 bits per heavy atom. The van der Waals surface area contributed by atoms with Gasteiger partial charge in [0, 0.05) is 17.8 Å². The summed E-state index contributed by atoms with van der Waals surface area (Å²) in [6.07, 6.45) is 1.09. The first-order chi connectivity index (χ1) is 8.67. The van der Waals surface area contributed by atoms with Crippen LogP contribution in [0.25, 0.3) is 0 Å². The van der Waals surface area contributed by atoms with Crippen LogP contribution in [0, 0.1) is 5.92 Å². The van der Waals surface area contributed by atoms with Crippen molar-refractivity contribution in [2.75, 3.05) is 18.1 Å². The van der Waals surface area contributed by atoms with E-state index in [9.17, 15) is 5.11 Å². The monoisotopic (exact) mass is 249 g/mol. The predicted molar refractivity (Wildman–Crippen MR) is 71.0 cm³/mol. The molecule has 1 aliphatic heterocycles. The number of nitrogens with two attached hydrogens (primary N) is 1. The minimum atomic E-state index is 0.107. The molecule has 4 N–H and O–H groups in total. The third-order valence-corrected chi connectivity index (χ3v) is 3.67. The van der Waals surface area contributed by atoms with Crippen LogP contribution < -0.4 is 10.6 Å². The molecule has 2 rings (SSSR count). The number of rotatable bonds is 3. The summed E-state index contributed by atoms with van der Waals surface area (Å²) in [5.74, 6) is 0.605. The molecule has 1 saturated heterocycles. The van der Waals surface area contributed by atoms with Gasteiger partial charge < -0.3 is 20.9 Å². The van der Waals surface area contributed by atoms with Crippen molar-refractivity contribution in [2.45, 2.75) is 19.4 Å². The molecule has 2 unspecified atom stereocenters. The van der Waals surface area contributed by atoms with Gasteiger partial charge in [0.25, 0.3) is 0 Å². The number of aliphatic hydroxyl groups is 1. The molecule has 1 heterocycles. The normalized spacial score (nSPS) is 24.6. The van der Waals surface area contributed by atoms with Crippen molar-refractivity contribution in [1.29, 1.82) is 0 Å². The van der Waals surface area contributed by atoms with Gasteiger partial charge in [-0.25, -0.2) is 0 Å². The average Bonchev–Trinajstić information content (AvgIpc) is 2.79. The summed E-state index contributed by atoms with van der Waals surface area (Å²) in [7, 11) is 0. The van der Waals surface area contributed by atoms with E-state index < -0.39 is 0 Å². The molecule has 5 heteroatoms. The number of hydrogen-bond donors (Lipinski definition) is 3. The number of oxime groups is 1. The largest absolute Gasteiger partial charge is 0.409 e. The quantitative estimate of drug-likeness (QED) is 0.323. The zero-order chi connectivity index (χ0) is 13.1. The third-order valence-electron chi connectivity index (χ3n) is 3.67. The second kappa shape index (κ2) is 5.27. The minimum absolute atomic E-state index is 0.107. The average molecular weight is 249 g/mol. The van der Waals surface area contributed by atoms with E-state index >= 15 is 0 Å². The number of aliphatic hydroxyl groups excluding tert-OH is 1. The molecule has 0 amide bonds. The molecular formula is C13H19N3O2. The zero-order valence-electron chi connectivity index (χ0n) is 10.5. The van der Waals surface area contributed by atoms with Gasteiger partial charge in [0.15, 0.2) is 5.84 Å². The van der Waals surface area contributed by atoms with Gasteiger partial charge in [-0.3, -0.25) is 0 Å². The zero-order valence-corrected chi connectivity index (χ0v) is 10.5. The van der Waals surface area contributed by atoms with E-state index in [0.717, 1.165) is 18.7 Å². The molecule has 0 radical (unpaired) electrons. The number of benzene rings is 1. The Balaban J connectivity index is 2.19. The van der Waals surface area contributed by atoms with Gasteiger partial charge in [0.2, 0.25) is 0 Å². The second-order valence-corrected chi connectivity index (χ2v) is 4.74. The molecule has 0 aliphatic carbocycles. The van der Waals surface area contributed by atoms with Crippen molar-refractivity contribution in [3.63, 3.8) is 0 Å². The van der Waals surface area contributed by atoms with Gasteiger partial charge in [-0.2, -0.15) is 0 Å². The maximum Gasteiger partial charge on any atom is 0.170 e. The van der Waals surface area contributed by atoms with Crippen LogP contribution in [0.4, 0.5) is 5.69 Å². The molecule has 0 saturated carbocycles. The number of hydrogen-bond acceptors (Lipinski definition) is 4. The fourth-order valence-electron chi connectivity index (χ4n) is 2.49. The van der Waals surface area contributed by atoms with Gasteiger partial charge in [0.1, 0.15) is 0 Å².